The molecular formula is C40H45N7O5. The van der Waals surface area contributed by atoms with Gasteiger partial charge in [0.05, 0.1) is 36.8 Å². The van der Waals surface area contributed by atoms with Crippen LogP contribution in [-0.4, -0.2) is 81.6 Å². The third kappa shape index (κ3) is 7.40. The standard InChI is InChI=1S/C40H45N7O5/c1-38(2,3)52-36(48)42-26-40(17-18-40)51-35-43-32-25-45(33-15-9-13-29-12-7-8-14-30(29)33)21-16-31(32)34(44-35)46-22-23-47(37(49)50)39(27-46,19-20-41)24-28-10-5-4-6-11-28/h4-15H,16-19,21-27H2,1-3H3,(H,42,48)(H,49,50)/t39-/m1/s1. The summed E-state index contributed by atoms with van der Waals surface area (Å²) in [5, 5.41) is 25.6. The number of piperazine rings is 1. The number of anilines is 2. The van der Waals surface area contributed by atoms with E-state index in [1.165, 1.54) is 4.90 Å². The molecule has 3 aliphatic rings. The lowest BCUT2D eigenvalue weighted by atomic mass is 9.83. The van der Waals surface area contributed by atoms with Crippen molar-refractivity contribution in [2.75, 3.05) is 42.5 Å². The molecule has 0 bridgehead atoms. The summed E-state index contributed by atoms with van der Waals surface area (Å²) < 4.78 is 12.0. The Balaban J connectivity index is 1.24. The molecule has 2 N–H and O–H groups in total. The van der Waals surface area contributed by atoms with Crippen LogP contribution in [0.15, 0.2) is 72.8 Å². The first-order chi connectivity index (χ1) is 25.0. The molecule has 52 heavy (non-hydrogen) atoms. The molecule has 2 aliphatic heterocycles. The van der Waals surface area contributed by atoms with Crippen molar-refractivity contribution in [1.82, 2.24) is 20.2 Å². The number of carbonyl (C=O) groups excluding carboxylic acids is 1. The first-order valence-corrected chi connectivity index (χ1v) is 17.9. The summed E-state index contributed by atoms with van der Waals surface area (Å²) in [5.74, 6) is 0.703. The molecular weight excluding hydrogens is 658 g/mol. The van der Waals surface area contributed by atoms with Crippen molar-refractivity contribution in [2.24, 2.45) is 0 Å². The molecule has 3 aromatic carbocycles. The Bertz CT molecular complexity index is 2000. The van der Waals surface area contributed by atoms with Gasteiger partial charge in [-0.05, 0) is 63.5 Å². The van der Waals surface area contributed by atoms with Gasteiger partial charge in [-0.25, -0.2) is 9.59 Å². The molecule has 12 nitrogen and oxygen atoms in total. The Morgan fingerprint density at radius 2 is 1.71 bits per heavy atom. The van der Waals surface area contributed by atoms with Gasteiger partial charge in [-0.15, -0.1) is 0 Å². The van der Waals surface area contributed by atoms with Crippen molar-refractivity contribution in [3.63, 3.8) is 0 Å². The number of carbonyl (C=O) groups is 2. The highest BCUT2D eigenvalue weighted by Gasteiger charge is 2.48. The molecule has 3 heterocycles. The van der Waals surface area contributed by atoms with Crippen molar-refractivity contribution in [1.29, 1.82) is 5.26 Å². The number of nitrogens with zero attached hydrogens (tertiary/aromatic N) is 6. The number of alkyl carbamates (subject to hydrolysis) is 1. The fourth-order valence-corrected chi connectivity index (χ4v) is 7.53. The second kappa shape index (κ2) is 13.9. The number of nitrogens with one attached hydrogen (secondary N) is 1. The van der Waals surface area contributed by atoms with Crippen LogP contribution in [0.2, 0.25) is 0 Å². The zero-order chi connectivity index (χ0) is 36.5. The van der Waals surface area contributed by atoms with Crippen LogP contribution in [0.3, 0.4) is 0 Å². The Hall–Kier alpha value is -5.57. The van der Waals surface area contributed by atoms with Crippen molar-refractivity contribution >= 4 is 34.5 Å². The number of fused-ring (bicyclic) bond motifs is 2. The number of carboxylic acid groups (broad SMARTS) is 1. The number of benzene rings is 3. The van der Waals surface area contributed by atoms with Crippen molar-refractivity contribution in [3.05, 3.63) is 89.6 Å². The van der Waals surface area contributed by atoms with Gasteiger partial charge in [0.25, 0.3) is 0 Å². The summed E-state index contributed by atoms with van der Waals surface area (Å²) in [6.07, 6.45) is 0.968. The van der Waals surface area contributed by atoms with E-state index < -0.39 is 28.9 Å². The second-order valence-electron chi connectivity index (χ2n) is 15.1. The molecule has 2 fully saturated rings. The fourth-order valence-electron chi connectivity index (χ4n) is 7.53. The van der Waals surface area contributed by atoms with Crippen LogP contribution in [0.4, 0.5) is 21.1 Å². The molecule has 2 amide bonds. The van der Waals surface area contributed by atoms with E-state index in [0.717, 1.165) is 52.7 Å². The van der Waals surface area contributed by atoms with Crippen LogP contribution < -0.4 is 19.9 Å². The van der Waals surface area contributed by atoms with Crippen LogP contribution in [-0.2, 0) is 24.1 Å². The summed E-state index contributed by atoms with van der Waals surface area (Å²) in [4.78, 5) is 41.2. The van der Waals surface area contributed by atoms with Gasteiger partial charge < -0.3 is 29.7 Å². The molecule has 1 saturated heterocycles. The minimum atomic E-state index is -1.04. The first-order valence-electron chi connectivity index (χ1n) is 17.9. The normalized spacial score (nSPS) is 19.4. The van der Waals surface area contributed by atoms with Gasteiger partial charge in [0.1, 0.15) is 17.0 Å². The Kier molecular flexibility index (Phi) is 9.29. The number of hydrogen-bond donors (Lipinski definition) is 2. The van der Waals surface area contributed by atoms with Gasteiger partial charge >= 0.3 is 18.2 Å². The number of hydrogen-bond acceptors (Lipinski definition) is 9. The number of ether oxygens (including phenoxy) is 2. The molecule has 0 unspecified atom stereocenters. The van der Waals surface area contributed by atoms with Crippen LogP contribution in [0.25, 0.3) is 10.8 Å². The van der Waals surface area contributed by atoms with Crippen LogP contribution >= 0.6 is 0 Å². The van der Waals surface area contributed by atoms with Gasteiger partial charge in [0, 0.05) is 42.8 Å². The lowest BCUT2D eigenvalue weighted by Crippen LogP contribution is -2.65. The van der Waals surface area contributed by atoms with Crippen LogP contribution in [0, 0.1) is 11.3 Å². The van der Waals surface area contributed by atoms with E-state index >= 15 is 0 Å². The predicted octanol–water partition coefficient (Wildman–Crippen LogP) is 6.32. The highest BCUT2D eigenvalue weighted by atomic mass is 16.6. The molecule has 0 radical (unpaired) electrons. The maximum atomic E-state index is 12.7. The van der Waals surface area contributed by atoms with E-state index in [-0.39, 0.29) is 32.1 Å². The average molecular weight is 704 g/mol. The van der Waals surface area contributed by atoms with Crippen molar-refractivity contribution in [2.45, 2.75) is 76.2 Å². The summed E-state index contributed by atoms with van der Waals surface area (Å²) in [7, 11) is 0. The number of amides is 2. The second-order valence-corrected chi connectivity index (χ2v) is 15.1. The Labute approximate surface area is 304 Å². The van der Waals surface area contributed by atoms with E-state index in [2.05, 4.69) is 57.6 Å². The maximum absolute atomic E-state index is 12.7. The van der Waals surface area contributed by atoms with Gasteiger partial charge in [-0.2, -0.15) is 15.2 Å². The number of aromatic nitrogens is 2. The minimum Gasteiger partial charge on any atom is -0.465 e. The van der Waals surface area contributed by atoms with Gasteiger partial charge in [-0.3, -0.25) is 4.90 Å². The minimum absolute atomic E-state index is 0.0234. The maximum Gasteiger partial charge on any atom is 0.407 e. The molecule has 0 spiro atoms. The zero-order valence-electron chi connectivity index (χ0n) is 30.0. The van der Waals surface area contributed by atoms with E-state index in [9.17, 15) is 20.0 Å². The number of rotatable bonds is 9. The fraction of sp³-hybridized carbons (Fsp3) is 0.425. The largest absolute Gasteiger partial charge is 0.465 e. The SMILES string of the molecule is CC(C)(C)OC(=O)NCC1(Oc2nc3c(c(N4CCN(C(=O)O)[C@](CC#N)(Cc5ccccc5)C4)n2)CCN(c2cccc4ccccc24)C3)CC1. The quantitative estimate of drug-likeness (QED) is 0.203. The van der Waals surface area contributed by atoms with Gasteiger partial charge in [0.2, 0.25) is 0 Å². The van der Waals surface area contributed by atoms with Crippen LogP contribution in [0.1, 0.15) is 56.9 Å². The number of nitriles is 1. The molecule has 1 saturated carbocycles. The van der Waals surface area contributed by atoms with Gasteiger partial charge in [0.15, 0.2) is 0 Å². The zero-order valence-corrected chi connectivity index (χ0v) is 30.0. The molecule has 270 valence electrons. The van der Waals surface area contributed by atoms with Gasteiger partial charge in [-0.1, -0.05) is 66.7 Å². The summed E-state index contributed by atoms with van der Waals surface area (Å²) >= 11 is 0. The molecule has 12 heteroatoms. The van der Waals surface area contributed by atoms with Crippen LogP contribution in [0.5, 0.6) is 6.01 Å². The highest BCUT2D eigenvalue weighted by molar-refractivity contribution is 5.94. The molecule has 7 rings (SSSR count). The summed E-state index contributed by atoms with van der Waals surface area (Å²) in [5.41, 5.74) is 1.63. The first kappa shape index (κ1) is 34.9. The molecule has 1 atom stereocenters. The third-order valence-corrected chi connectivity index (χ3v) is 10.2. The van der Waals surface area contributed by atoms with E-state index in [1.807, 2.05) is 57.2 Å². The lowest BCUT2D eigenvalue weighted by molar-refractivity contribution is 0.0486. The predicted molar refractivity (Wildman–Crippen MR) is 198 cm³/mol. The third-order valence-electron chi connectivity index (χ3n) is 10.2. The molecule has 1 aromatic heterocycles. The van der Waals surface area contributed by atoms with E-state index in [4.69, 9.17) is 19.4 Å². The Morgan fingerprint density at radius 1 is 0.962 bits per heavy atom. The summed E-state index contributed by atoms with van der Waals surface area (Å²) in [6.45, 7) is 7.87. The molecule has 1 aliphatic carbocycles. The summed E-state index contributed by atoms with van der Waals surface area (Å²) in [6, 6.07) is 26.9. The Morgan fingerprint density at radius 3 is 2.44 bits per heavy atom. The van der Waals surface area contributed by atoms with E-state index in [0.29, 0.717) is 31.7 Å². The lowest BCUT2D eigenvalue weighted by Gasteiger charge is -2.49. The topological polar surface area (TPSA) is 144 Å². The monoisotopic (exact) mass is 703 g/mol. The molecule has 4 aromatic rings. The van der Waals surface area contributed by atoms with E-state index in [1.54, 1.807) is 0 Å². The van der Waals surface area contributed by atoms with Crippen molar-refractivity contribution in [3.8, 4) is 12.1 Å². The average Bonchev–Trinajstić information content (AvgIpc) is 3.88. The smallest absolute Gasteiger partial charge is 0.407 e. The van der Waals surface area contributed by atoms with Crippen molar-refractivity contribution < 1.29 is 24.2 Å². The highest BCUT2D eigenvalue weighted by Crippen LogP contribution is 2.42.